The zero-order chi connectivity index (χ0) is 13.5. The molecule has 0 bridgehead atoms. The molecule has 0 fully saturated rings. The van der Waals surface area contributed by atoms with Crippen LogP contribution < -0.4 is 14.8 Å². The van der Waals surface area contributed by atoms with E-state index in [-0.39, 0.29) is 12.7 Å². The minimum Gasteiger partial charge on any atom is -0.454 e. The van der Waals surface area contributed by atoms with Crippen molar-refractivity contribution >= 4 is 11.6 Å². The van der Waals surface area contributed by atoms with Crippen LogP contribution in [0.4, 0.5) is 5.69 Å². The Labute approximate surface area is 114 Å². The van der Waals surface area contributed by atoms with Crippen molar-refractivity contribution in [2.45, 2.75) is 45.4 Å². The van der Waals surface area contributed by atoms with E-state index in [1.54, 1.807) is 0 Å². The Morgan fingerprint density at radius 3 is 2.89 bits per heavy atom. The SMILES string of the molecule is CCCCCCCC(=O)Nc1cccc2c1OCO2. The summed E-state index contributed by atoms with van der Waals surface area (Å²) in [6, 6.07) is 5.52. The molecule has 0 spiro atoms. The van der Waals surface area contributed by atoms with Crippen molar-refractivity contribution in [1.82, 2.24) is 0 Å². The Morgan fingerprint density at radius 2 is 2.05 bits per heavy atom. The summed E-state index contributed by atoms with van der Waals surface area (Å²) >= 11 is 0. The lowest BCUT2D eigenvalue weighted by Gasteiger charge is -2.07. The molecule has 19 heavy (non-hydrogen) atoms. The summed E-state index contributed by atoms with van der Waals surface area (Å²) in [5, 5.41) is 2.89. The number of ether oxygens (including phenoxy) is 2. The fourth-order valence-corrected chi connectivity index (χ4v) is 2.13. The molecule has 0 radical (unpaired) electrons. The van der Waals surface area contributed by atoms with Crippen LogP contribution in [0.2, 0.25) is 0 Å². The number of amides is 1. The average Bonchev–Trinajstić information content (AvgIpc) is 2.88. The fraction of sp³-hybridized carbons (Fsp3) is 0.533. The van der Waals surface area contributed by atoms with E-state index in [0.29, 0.717) is 23.6 Å². The molecule has 104 valence electrons. The molecule has 4 nitrogen and oxygen atoms in total. The Kier molecular flexibility index (Phi) is 5.07. The van der Waals surface area contributed by atoms with E-state index >= 15 is 0 Å². The van der Waals surface area contributed by atoms with Crippen molar-refractivity contribution in [3.8, 4) is 11.5 Å². The van der Waals surface area contributed by atoms with Gasteiger partial charge < -0.3 is 14.8 Å². The van der Waals surface area contributed by atoms with Crippen LogP contribution in [-0.2, 0) is 4.79 Å². The van der Waals surface area contributed by atoms with Gasteiger partial charge >= 0.3 is 0 Å². The molecule has 0 saturated heterocycles. The Balaban J connectivity index is 1.78. The lowest BCUT2D eigenvalue weighted by molar-refractivity contribution is -0.116. The number of rotatable bonds is 7. The smallest absolute Gasteiger partial charge is 0.231 e. The molecule has 0 aromatic heterocycles. The number of fused-ring (bicyclic) bond motifs is 1. The number of anilines is 1. The van der Waals surface area contributed by atoms with Gasteiger partial charge in [0, 0.05) is 6.42 Å². The van der Waals surface area contributed by atoms with Gasteiger partial charge in [-0.15, -0.1) is 0 Å². The van der Waals surface area contributed by atoms with Gasteiger partial charge in [-0.25, -0.2) is 0 Å². The quantitative estimate of drug-likeness (QED) is 0.763. The van der Waals surface area contributed by atoms with E-state index in [0.717, 1.165) is 12.8 Å². The second-order valence-corrected chi connectivity index (χ2v) is 4.75. The van der Waals surface area contributed by atoms with Crippen molar-refractivity contribution in [3.63, 3.8) is 0 Å². The maximum absolute atomic E-state index is 11.8. The molecule has 4 heteroatoms. The molecule has 2 rings (SSSR count). The number of unbranched alkanes of at least 4 members (excludes halogenated alkanes) is 4. The van der Waals surface area contributed by atoms with Crippen LogP contribution in [0.5, 0.6) is 11.5 Å². The second-order valence-electron chi connectivity index (χ2n) is 4.75. The van der Waals surface area contributed by atoms with E-state index in [1.165, 1.54) is 19.3 Å². The number of para-hydroxylation sites is 1. The Hall–Kier alpha value is -1.71. The van der Waals surface area contributed by atoms with Crippen molar-refractivity contribution in [1.29, 1.82) is 0 Å². The van der Waals surface area contributed by atoms with Crippen LogP contribution in [0.3, 0.4) is 0 Å². The van der Waals surface area contributed by atoms with Gasteiger partial charge in [0.25, 0.3) is 0 Å². The van der Waals surface area contributed by atoms with Gasteiger partial charge in [-0.1, -0.05) is 38.7 Å². The summed E-state index contributed by atoms with van der Waals surface area (Å²) in [4.78, 5) is 11.8. The van der Waals surface area contributed by atoms with Crippen LogP contribution in [0.15, 0.2) is 18.2 Å². The number of hydrogen-bond acceptors (Lipinski definition) is 3. The highest BCUT2D eigenvalue weighted by molar-refractivity contribution is 5.92. The largest absolute Gasteiger partial charge is 0.454 e. The maximum Gasteiger partial charge on any atom is 0.231 e. The minimum atomic E-state index is 0.0420. The van der Waals surface area contributed by atoms with E-state index < -0.39 is 0 Å². The highest BCUT2D eigenvalue weighted by Crippen LogP contribution is 2.38. The molecule has 1 aromatic rings. The molecule has 1 N–H and O–H groups in total. The number of carbonyl (C=O) groups excluding carboxylic acids is 1. The normalized spacial score (nSPS) is 12.5. The maximum atomic E-state index is 11.8. The van der Waals surface area contributed by atoms with Gasteiger partial charge in [0.05, 0.1) is 5.69 Å². The predicted molar refractivity (Wildman–Crippen MR) is 74.6 cm³/mol. The number of benzene rings is 1. The minimum absolute atomic E-state index is 0.0420. The van der Waals surface area contributed by atoms with Gasteiger partial charge in [-0.2, -0.15) is 0 Å². The first-order chi connectivity index (χ1) is 9.31. The highest BCUT2D eigenvalue weighted by atomic mass is 16.7. The predicted octanol–water partition coefficient (Wildman–Crippen LogP) is 3.71. The monoisotopic (exact) mass is 263 g/mol. The summed E-state index contributed by atoms with van der Waals surface area (Å²) in [7, 11) is 0. The van der Waals surface area contributed by atoms with Gasteiger partial charge in [0.1, 0.15) is 0 Å². The molecular formula is C15H21NO3. The van der Waals surface area contributed by atoms with Gasteiger partial charge in [0.2, 0.25) is 12.7 Å². The van der Waals surface area contributed by atoms with Crippen molar-refractivity contribution < 1.29 is 14.3 Å². The number of hydrogen-bond donors (Lipinski definition) is 1. The van der Waals surface area contributed by atoms with Crippen molar-refractivity contribution in [3.05, 3.63) is 18.2 Å². The van der Waals surface area contributed by atoms with Gasteiger partial charge in [0.15, 0.2) is 11.5 Å². The van der Waals surface area contributed by atoms with E-state index in [9.17, 15) is 4.79 Å². The molecular weight excluding hydrogens is 242 g/mol. The molecule has 1 amide bonds. The summed E-state index contributed by atoms with van der Waals surface area (Å²) in [6.45, 7) is 2.41. The Bertz CT molecular complexity index is 431. The first-order valence-electron chi connectivity index (χ1n) is 6.99. The van der Waals surface area contributed by atoms with Gasteiger partial charge in [-0.3, -0.25) is 4.79 Å². The van der Waals surface area contributed by atoms with Crippen LogP contribution in [0.25, 0.3) is 0 Å². The van der Waals surface area contributed by atoms with Crippen LogP contribution in [-0.4, -0.2) is 12.7 Å². The zero-order valence-corrected chi connectivity index (χ0v) is 11.4. The lowest BCUT2D eigenvalue weighted by atomic mass is 10.1. The zero-order valence-electron chi connectivity index (χ0n) is 11.4. The third kappa shape index (κ3) is 3.88. The molecule has 1 aliphatic rings. The number of carbonyl (C=O) groups is 1. The van der Waals surface area contributed by atoms with Crippen molar-refractivity contribution in [2.24, 2.45) is 0 Å². The third-order valence-electron chi connectivity index (χ3n) is 3.18. The average molecular weight is 263 g/mol. The van der Waals surface area contributed by atoms with E-state index in [4.69, 9.17) is 9.47 Å². The Morgan fingerprint density at radius 1 is 1.21 bits per heavy atom. The summed E-state index contributed by atoms with van der Waals surface area (Å²) < 4.78 is 10.6. The highest BCUT2D eigenvalue weighted by Gasteiger charge is 2.18. The molecule has 0 atom stereocenters. The molecule has 0 saturated carbocycles. The molecule has 0 aliphatic carbocycles. The first kappa shape index (κ1) is 13.7. The lowest BCUT2D eigenvalue weighted by Crippen LogP contribution is -2.11. The van der Waals surface area contributed by atoms with Crippen LogP contribution in [0.1, 0.15) is 45.4 Å². The van der Waals surface area contributed by atoms with E-state index in [2.05, 4.69) is 12.2 Å². The van der Waals surface area contributed by atoms with E-state index in [1.807, 2.05) is 18.2 Å². The third-order valence-corrected chi connectivity index (χ3v) is 3.18. The summed E-state index contributed by atoms with van der Waals surface area (Å²) in [5.41, 5.74) is 0.702. The molecule has 1 aliphatic heterocycles. The van der Waals surface area contributed by atoms with Gasteiger partial charge in [-0.05, 0) is 18.6 Å². The molecule has 1 heterocycles. The fourth-order valence-electron chi connectivity index (χ4n) is 2.13. The summed E-state index contributed by atoms with van der Waals surface area (Å²) in [6.07, 6.45) is 6.31. The second kappa shape index (κ2) is 7.02. The standard InChI is InChI=1S/C15H21NO3/c1-2-3-4-5-6-10-14(17)16-12-8-7-9-13-15(12)19-11-18-13/h7-9H,2-6,10-11H2,1H3,(H,16,17). The molecule has 1 aromatic carbocycles. The summed E-state index contributed by atoms with van der Waals surface area (Å²) in [5.74, 6) is 1.38. The molecule has 0 unspecified atom stereocenters. The van der Waals surface area contributed by atoms with Crippen LogP contribution >= 0.6 is 0 Å². The topological polar surface area (TPSA) is 47.6 Å². The first-order valence-corrected chi connectivity index (χ1v) is 6.99. The number of nitrogens with one attached hydrogen (secondary N) is 1. The van der Waals surface area contributed by atoms with Crippen LogP contribution in [0, 0.1) is 0 Å². The van der Waals surface area contributed by atoms with Crippen molar-refractivity contribution in [2.75, 3.05) is 12.1 Å².